The highest BCUT2D eigenvalue weighted by atomic mass is 79.9. The first-order valence-corrected chi connectivity index (χ1v) is 14.4. The molecule has 0 spiro atoms. The van der Waals surface area contributed by atoms with E-state index in [4.69, 9.17) is 26.1 Å². The first-order valence-electron chi connectivity index (χ1n) is 12.9. The van der Waals surface area contributed by atoms with Crippen molar-refractivity contribution in [3.8, 4) is 17.2 Å². The number of hydrogen-bond acceptors (Lipinski definition) is 5. The SMILES string of the molecule is COc1ccc(C(=O)N(CCC(C)C)Cc2nc3ccccn3c2Cc2ccccc2O)c(Cl)c1OCCBr. The number of halogens is 2. The summed E-state index contributed by atoms with van der Waals surface area (Å²) in [5.74, 6) is 1.23. The van der Waals surface area contributed by atoms with Crippen LogP contribution >= 0.6 is 27.5 Å². The second-order valence-corrected chi connectivity index (χ2v) is 10.8. The number of imidazole rings is 1. The van der Waals surface area contributed by atoms with Crippen molar-refractivity contribution in [2.24, 2.45) is 5.92 Å². The van der Waals surface area contributed by atoms with Gasteiger partial charge in [0.25, 0.3) is 5.91 Å². The lowest BCUT2D eigenvalue weighted by molar-refractivity contribution is 0.0733. The van der Waals surface area contributed by atoms with Crippen molar-refractivity contribution in [1.29, 1.82) is 0 Å². The molecule has 39 heavy (non-hydrogen) atoms. The van der Waals surface area contributed by atoms with Crippen LogP contribution < -0.4 is 9.47 Å². The third-order valence-electron chi connectivity index (χ3n) is 6.50. The Morgan fingerprint density at radius 1 is 1.15 bits per heavy atom. The zero-order chi connectivity index (χ0) is 27.9. The lowest BCUT2D eigenvalue weighted by atomic mass is 10.1. The van der Waals surface area contributed by atoms with Gasteiger partial charge in [0.2, 0.25) is 0 Å². The molecular formula is C30H33BrClN3O4. The van der Waals surface area contributed by atoms with Crippen LogP contribution in [-0.4, -0.2) is 50.9 Å². The largest absolute Gasteiger partial charge is 0.508 e. The Labute approximate surface area is 242 Å². The topological polar surface area (TPSA) is 76.3 Å². The lowest BCUT2D eigenvalue weighted by Crippen LogP contribution is -2.33. The number of fused-ring (bicyclic) bond motifs is 1. The second kappa shape index (κ2) is 13.2. The molecule has 0 aliphatic rings. The molecule has 2 aromatic carbocycles. The minimum atomic E-state index is -0.211. The van der Waals surface area contributed by atoms with Gasteiger partial charge in [0.05, 0.1) is 42.2 Å². The van der Waals surface area contributed by atoms with Gasteiger partial charge in [-0.05, 0) is 48.2 Å². The average molecular weight is 615 g/mol. The zero-order valence-electron chi connectivity index (χ0n) is 22.4. The molecule has 0 aliphatic carbocycles. The number of pyridine rings is 1. The predicted octanol–water partition coefficient (Wildman–Crippen LogP) is 6.75. The maximum atomic E-state index is 14.0. The van der Waals surface area contributed by atoms with E-state index in [0.29, 0.717) is 47.9 Å². The number of carbonyl (C=O) groups excluding carboxylic acids is 1. The number of alkyl halides is 1. The first kappa shape index (κ1) is 28.8. The number of ether oxygens (including phenoxy) is 2. The van der Waals surface area contributed by atoms with Gasteiger partial charge in [-0.3, -0.25) is 4.79 Å². The zero-order valence-corrected chi connectivity index (χ0v) is 24.7. The summed E-state index contributed by atoms with van der Waals surface area (Å²) in [6.07, 6.45) is 3.23. The van der Waals surface area contributed by atoms with E-state index in [-0.39, 0.29) is 23.2 Å². The number of aromatic hydroxyl groups is 1. The molecule has 0 radical (unpaired) electrons. The Morgan fingerprint density at radius 2 is 1.92 bits per heavy atom. The van der Waals surface area contributed by atoms with E-state index in [2.05, 4.69) is 29.8 Å². The third-order valence-corrected chi connectivity index (χ3v) is 7.20. The number of hydrogen-bond donors (Lipinski definition) is 1. The fourth-order valence-electron chi connectivity index (χ4n) is 4.41. The molecule has 206 valence electrons. The van der Waals surface area contributed by atoms with Crippen molar-refractivity contribution in [3.05, 3.63) is 88.3 Å². The van der Waals surface area contributed by atoms with Crippen LogP contribution in [0.1, 0.15) is 47.6 Å². The van der Waals surface area contributed by atoms with E-state index in [1.807, 2.05) is 40.9 Å². The Morgan fingerprint density at radius 3 is 2.64 bits per heavy atom. The summed E-state index contributed by atoms with van der Waals surface area (Å²) in [6, 6.07) is 16.5. The van der Waals surface area contributed by atoms with Crippen molar-refractivity contribution in [2.45, 2.75) is 33.2 Å². The maximum absolute atomic E-state index is 14.0. The van der Waals surface area contributed by atoms with Gasteiger partial charge in [-0.2, -0.15) is 0 Å². The molecule has 4 rings (SSSR count). The molecule has 0 fully saturated rings. The van der Waals surface area contributed by atoms with Gasteiger partial charge in [0.15, 0.2) is 11.5 Å². The third kappa shape index (κ3) is 6.68. The van der Waals surface area contributed by atoms with Gasteiger partial charge in [-0.15, -0.1) is 0 Å². The summed E-state index contributed by atoms with van der Waals surface area (Å²) in [6.45, 7) is 5.45. The standard InChI is InChI=1S/C30H33BrClN3O4/c1-20(2)13-16-34(30(37)22-11-12-26(38-3)29(28(22)32)39-17-14-31)19-23-24(18-21-8-4-5-9-25(21)36)35-15-7-6-10-27(35)33-23/h4-12,15,20,36H,13-14,16-19H2,1-3H3. The van der Waals surface area contributed by atoms with Crippen LogP contribution in [0.3, 0.4) is 0 Å². The molecule has 0 aliphatic heterocycles. The minimum absolute atomic E-state index is 0.211. The Bertz CT molecular complexity index is 1440. The smallest absolute Gasteiger partial charge is 0.255 e. The van der Waals surface area contributed by atoms with Crippen molar-refractivity contribution in [1.82, 2.24) is 14.3 Å². The fourth-order valence-corrected chi connectivity index (χ4v) is 4.86. The van der Waals surface area contributed by atoms with Gasteiger partial charge < -0.3 is 23.9 Å². The molecule has 0 saturated heterocycles. The number of aromatic nitrogens is 2. The number of carbonyl (C=O) groups is 1. The summed E-state index contributed by atoms with van der Waals surface area (Å²) in [5.41, 5.74) is 3.59. The van der Waals surface area contributed by atoms with Gasteiger partial charge in [-0.25, -0.2) is 4.98 Å². The predicted molar refractivity (Wildman–Crippen MR) is 158 cm³/mol. The van der Waals surface area contributed by atoms with E-state index < -0.39 is 0 Å². The number of para-hydroxylation sites is 1. The van der Waals surface area contributed by atoms with Gasteiger partial charge in [-0.1, -0.05) is 65.6 Å². The molecular weight excluding hydrogens is 582 g/mol. The molecule has 1 N–H and O–H groups in total. The summed E-state index contributed by atoms with van der Waals surface area (Å²) in [4.78, 5) is 20.7. The quantitative estimate of drug-likeness (QED) is 0.179. The van der Waals surface area contributed by atoms with Crippen molar-refractivity contribution < 1.29 is 19.4 Å². The van der Waals surface area contributed by atoms with Crippen LogP contribution in [0.4, 0.5) is 0 Å². The summed E-state index contributed by atoms with van der Waals surface area (Å²) >= 11 is 10.1. The summed E-state index contributed by atoms with van der Waals surface area (Å²) < 4.78 is 13.3. The minimum Gasteiger partial charge on any atom is -0.508 e. The highest BCUT2D eigenvalue weighted by Gasteiger charge is 2.26. The molecule has 2 aromatic heterocycles. The van der Waals surface area contributed by atoms with E-state index in [1.165, 1.54) is 0 Å². The number of phenols is 1. The second-order valence-electron chi connectivity index (χ2n) is 9.64. The molecule has 0 saturated carbocycles. The van der Waals surface area contributed by atoms with Gasteiger partial charge >= 0.3 is 0 Å². The number of nitrogens with zero attached hydrogens (tertiary/aromatic N) is 3. The normalized spacial score (nSPS) is 11.2. The van der Waals surface area contributed by atoms with Crippen LogP contribution in [0.5, 0.6) is 17.2 Å². The van der Waals surface area contributed by atoms with Crippen LogP contribution in [0.2, 0.25) is 5.02 Å². The molecule has 0 unspecified atom stereocenters. The van der Waals surface area contributed by atoms with Gasteiger partial charge in [0, 0.05) is 24.5 Å². The molecule has 2 heterocycles. The van der Waals surface area contributed by atoms with Crippen LogP contribution in [0.25, 0.3) is 5.65 Å². The molecule has 7 nitrogen and oxygen atoms in total. The average Bonchev–Trinajstić information content (AvgIpc) is 3.27. The molecule has 4 aromatic rings. The molecule has 1 amide bonds. The van der Waals surface area contributed by atoms with Crippen molar-refractivity contribution in [2.75, 3.05) is 25.6 Å². The number of phenolic OH excluding ortho intramolecular Hbond substituents is 1. The van der Waals surface area contributed by atoms with Crippen LogP contribution in [0.15, 0.2) is 60.8 Å². The Kier molecular flexibility index (Phi) is 9.75. The van der Waals surface area contributed by atoms with Gasteiger partial charge in [0.1, 0.15) is 11.4 Å². The van der Waals surface area contributed by atoms with E-state index in [9.17, 15) is 9.90 Å². The summed E-state index contributed by atoms with van der Waals surface area (Å²) in [5, 5.41) is 11.3. The van der Waals surface area contributed by atoms with E-state index in [1.54, 1.807) is 36.3 Å². The molecule has 0 bridgehead atoms. The summed E-state index contributed by atoms with van der Waals surface area (Å²) in [7, 11) is 1.54. The number of amides is 1. The van der Waals surface area contributed by atoms with Crippen molar-refractivity contribution in [3.63, 3.8) is 0 Å². The highest BCUT2D eigenvalue weighted by Crippen LogP contribution is 2.38. The highest BCUT2D eigenvalue weighted by molar-refractivity contribution is 9.09. The molecule has 9 heteroatoms. The Hall–Kier alpha value is -3.23. The van der Waals surface area contributed by atoms with Crippen molar-refractivity contribution >= 4 is 39.1 Å². The monoisotopic (exact) mass is 613 g/mol. The Balaban J connectivity index is 1.74. The first-order chi connectivity index (χ1) is 18.8. The fraction of sp³-hybridized carbons (Fsp3) is 0.333. The van der Waals surface area contributed by atoms with E-state index in [0.717, 1.165) is 29.0 Å². The number of methoxy groups -OCH3 is 1. The number of benzene rings is 2. The van der Waals surface area contributed by atoms with Crippen LogP contribution in [-0.2, 0) is 13.0 Å². The van der Waals surface area contributed by atoms with Crippen LogP contribution in [0, 0.1) is 5.92 Å². The number of rotatable bonds is 12. The lowest BCUT2D eigenvalue weighted by Gasteiger charge is -2.25. The maximum Gasteiger partial charge on any atom is 0.255 e. The van der Waals surface area contributed by atoms with E-state index >= 15 is 0 Å². The molecule has 0 atom stereocenters.